The largest absolute Gasteiger partial charge is 0.315 e. The van der Waals surface area contributed by atoms with Crippen molar-refractivity contribution >= 4 is 19.9 Å². The van der Waals surface area contributed by atoms with Gasteiger partial charge in [0.05, 0.1) is 16.8 Å². The smallest absolute Gasteiger partial charge is 0.214 e. The lowest BCUT2D eigenvalue weighted by molar-refractivity contribution is 0.529. The van der Waals surface area contributed by atoms with E-state index in [1.54, 1.807) is 0 Å². The fourth-order valence-electron chi connectivity index (χ4n) is 2.26. The average molecular weight is 282 g/mol. The highest BCUT2D eigenvalue weighted by Crippen LogP contribution is 2.19. The molecule has 0 aromatic heterocycles. The SMILES string of the molecule is O=S1(=O)CCC(S(=O)(=O)N[C@@H]2CCNC2)CC1. The molecule has 0 spiro atoms. The zero-order valence-corrected chi connectivity index (χ0v) is 11.2. The predicted molar refractivity (Wildman–Crippen MR) is 65.0 cm³/mol. The fourth-order valence-corrected chi connectivity index (χ4v) is 5.77. The van der Waals surface area contributed by atoms with Gasteiger partial charge in [-0.05, 0) is 25.8 Å². The lowest BCUT2D eigenvalue weighted by Gasteiger charge is -2.23. The molecule has 0 bridgehead atoms. The Hall–Kier alpha value is -0.180. The third-order valence-electron chi connectivity index (χ3n) is 3.33. The Labute approximate surface area is 102 Å². The van der Waals surface area contributed by atoms with Gasteiger partial charge in [-0.1, -0.05) is 0 Å². The third kappa shape index (κ3) is 3.40. The molecule has 2 heterocycles. The summed E-state index contributed by atoms with van der Waals surface area (Å²) in [6.45, 7) is 1.48. The van der Waals surface area contributed by atoms with Gasteiger partial charge in [0.25, 0.3) is 0 Å². The van der Waals surface area contributed by atoms with Crippen molar-refractivity contribution in [2.75, 3.05) is 24.6 Å². The van der Waals surface area contributed by atoms with Gasteiger partial charge in [-0.15, -0.1) is 0 Å². The van der Waals surface area contributed by atoms with Gasteiger partial charge in [0.1, 0.15) is 9.84 Å². The van der Waals surface area contributed by atoms with Crippen LogP contribution in [0.3, 0.4) is 0 Å². The van der Waals surface area contributed by atoms with Crippen molar-refractivity contribution in [1.29, 1.82) is 0 Å². The van der Waals surface area contributed by atoms with Gasteiger partial charge in [-0.25, -0.2) is 21.6 Å². The monoisotopic (exact) mass is 282 g/mol. The maximum atomic E-state index is 12.0. The zero-order chi connectivity index (χ0) is 12.5. The highest BCUT2D eigenvalue weighted by molar-refractivity contribution is 7.92. The van der Waals surface area contributed by atoms with Crippen LogP contribution < -0.4 is 10.0 Å². The number of hydrogen-bond donors (Lipinski definition) is 2. The van der Waals surface area contributed by atoms with E-state index in [2.05, 4.69) is 10.0 Å². The van der Waals surface area contributed by atoms with E-state index in [-0.39, 0.29) is 30.4 Å². The van der Waals surface area contributed by atoms with Crippen LogP contribution in [0.25, 0.3) is 0 Å². The third-order valence-corrected chi connectivity index (χ3v) is 7.06. The summed E-state index contributed by atoms with van der Waals surface area (Å²) in [5, 5.41) is 2.54. The highest BCUT2D eigenvalue weighted by atomic mass is 32.2. The van der Waals surface area contributed by atoms with Crippen LogP contribution in [0.15, 0.2) is 0 Å². The minimum atomic E-state index is -3.37. The number of rotatable bonds is 3. The number of nitrogens with one attached hydrogen (secondary N) is 2. The zero-order valence-electron chi connectivity index (χ0n) is 9.55. The molecule has 0 radical (unpaired) electrons. The molecule has 8 heteroatoms. The standard InChI is InChI=1S/C9H18N2O4S2/c12-16(13)5-2-9(3-6-16)17(14,15)11-8-1-4-10-7-8/h8-11H,1-7H2/t8-/m1/s1. The van der Waals surface area contributed by atoms with Crippen LogP contribution in [0.2, 0.25) is 0 Å². The summed E-state index contributed by atoms with van der Waals surface area (Å²) in [6, 6.07) is -0.0430. The van der Waals surface area contributed by atoms with Crippen LogP contribution in [-0.2, 0) is 19.9 Å². The maximum absolute atomic E-state index is 12.0. The van der Waals surface area contributed by atoms with Crippen molar-refractivity contribution < 1.29 is 16.8 Å². The summed E-state index contributed by atoms with van der Waals surface area (Å²) in [5.74, 6) is -0.0248. The van der Waals surface area contributed by atoms with Gasteiger partial charge < -0.3 is 5.32 Å². The van der Waals surface area contributed by atoms with Crippen molar-refractivity contribution in [3.05, 3.63) is 0 Å². The van der Waals surface area contributed by atoms with Crippen LogP contribution in [-0.4, -0.2) is 52.7 Å². The molecule has 2 N–H and O–H groups in total. The summed E-state index contributed by atoms with van der Waals surface area (Å²) >= 11 is 0. The van der Waals surface area contributed by atoms with Crippen molar-refractivity contribution in [3.63, 3.8) is 0 Å². The molecular weight excluding hydrogens is 264 g/mol. The van der Waals surface area contributed by atoms with E-state index in [4.69, 9.17) is 0 Å². The van der Waals surface area contributed by atoms with E-state index in [1.807, 2.05) is 0 Å². The van der Waals surface area contributed by atoms with E-state index in [1.165, 1.54) is 0 Å². The van der Waals surface area contributed by atoms with Crippen molar-refractivity contribution in [2.45, 2.75) is 30.6 Å². The summed E-state index contributed by atoms with van der Waals surface area (Å²) < 4.78 is 49.2. The minimum Gasteiger partial charge on any atom is -0.315 e. The Balaban J connectivity index is 1.96. The lowest BCUT2D eigenvalue weighted by Crippen LogP contribution is -2.44. The van der Waals surface area contributed by atoms with Crippen LogP contribution >= 0.6 is 0 Å². The van der Waals surface area contributed by atoms with Crippen LogP contribution in [0, 0.1) is 0 Å². The number of sulfonamides is 1. The quantitative estimate of drug-likeness (QED) is 0.681. The first-order chi connectivity index (χ1) is 7.89. The summed E-state index contributed by atoms with van der Waals surface area (Å²) in [7, 11) is -6.38. The Morgan fingerprint density at radius 1 is 1.12 bits per heavy atom. The van der Waals surface area contributed by atoms with Crippen LogP contribution in [0.4, 0.5) is 0 Å². The summed E-state index contributed by atoms with van der Waals surface area (Å²) in [6.07, 6.45) is 1.24. The Kier molecular flexibility index (Phi) is 3.77. The predicted octanol–water partition coefficient (Wildman–Crippen LogP) is -1.16. The Morgan fingerprint density at radius 3 is 2.29 bits per heavy atom. The molecule has 17 heavy (non-hydrogen) atoms. The second-order valence-electron chi connectivity index (χ2n) is 4.70. The molecule has 2 fully saturated rings. The van der Waals surface area contributed by atoms with Crippen molar-refractivity contribution in [1.82, 2.24) is 10.0 Å². The highest BCUT2D eigenvalue weighted by Gasteiger charge is 2.34. The van der Waals surface area contributed by atoms with Crippen LogP contribution in [0.5, 0.6) is 0 Å². The van der Waals surface area contributed by atoms with Gasteiger partial charge >= 0.3 is 0 Å². The molecule has 6 nitrogen and oxygen atoms in total. The van der Waals surface area contributed by atoms with Gasteiger partial charge in [0.2, 0.25) is 10.0 Å². The van der Waals surface area contributed by atoms with E-state index in [9.17, 15) is 16.8 Å². The van der Waals surface area contributed by atoms with Crippen LogP contribution in [0.1, 0.15) is 19.3 Å². The van der Waals surface area contributed by atoms with Crippen molar-refractivity contribution in [3.8, 4) is 0 Å². The molecule has 0 aromatic rings. The molecule has 2 saturated heterocycles. The first kappa shape index (κ1) is 13.3. The normalized spacial score (nSPS) is 30.5. The van der Waals surface area contributed by atoms with E-state index in [0.717, 1.165) is 13.0 Å². The van der Waals surface area contributed by atoms with Gasteiger partial charge in [-0.3, -0.25) is 0 Å². The molecule has 2 rings (SSSR count). The molecule has 0 aliphatic carbocycles. The van der Waals surface area contributed by atoms with Gasteiger partial charge in [0.15, 0.2) is 0 Å². The number of hydrogen-bond acceptors (Lipinski definition) is 5. The molecule has 0 saturated carbocycles. The average Bonchev–Trinajstić information content (AvgIpc) is 2.68. The van der Waals surface area contributed by atoms with E-state index >= 15 is 0 Å². The maximum Gasteiger partial charge on any atom is 0.214 e. The molecule has 0 unspecified atom stereocenters. The molecular formula is C9H18N2O4S2. The van der Waals surface area contributed by atoms with Crippen molar-refractivity contribution in [2.24, 2.45) is 0 Å². The molecule has 2 aliphatic rings. The van der Waals surface area contributed by atoms with E-state index < -0.39 is 25.1 Å². The molecule has 1 atom stereocenters. The second kappa shape index (κ2) is 4.83. The fraction of sp³-hybridized carbons (Fsp3) is 1.00. The number of sulfone groups is 1. The Bertz CT molecular complexity index is 451. The van der Waals surface area contributed by atoms with E-state index in [0.29, 0.717) is 6.54 Å². The van der Waals surface area contributed by atoms with Gasteiger partial charge in [-0.2, -0.15) is 0 Å². The first-order valence-electron chi connectivity index (χ1n) is 5.81. The molecule has 2 aliphatic heterocycles. The summed E-state index contributed by atoms with van der Waals surface area (Å²) in [4.78, 5) is 0. The molecule has 100 valence electrons. The second-order valence-corrected chi connectivity index (χ2v) is 9.00. The molecule has 0 amide bonds. The minimum absolute atomic E-state index is 0.0124. The summed E-state index contributed by atoms with van der Waals surface area (Å²) in [5.41, 5.74) is 0. The molecule has 0 aromatic carbocycles. The first-order valence-corrected chi connectivity index (χ1v) is 9.18. The lowest BCUT2D eigenvalue weighted by atomic mass is 10.2. The van der Waals surface area contributed by atoms with Gasteiger partial charge in [0, 0.05) is 12.6 Å². The topological polar surface area (TPSA) is 92.3 Å². The Morgan fingerprint density at radius 2 is 1.76 bits per heavy atom.